The summed E-state index contributed by atoms with van der Waals surface area (Å²) >= 11 is 0. The minimum atomic E-state index is -0.882. The van der Waals surface area contributed by atoms with Crippen LogP contribution in [0.4, 0.5) is 4.79 Å². The fourth-order valence-corrected chi connectivity index (χ4v) is 6.37. The number of fused-ring (bicyclic) bond motifs is 1. The van der Waals surface area contributed by atoms with E-state index in [1.54, 1.807) is 69.7 Å². The molecule has 2 fully saturated rings. The third-order valence-electron chi connectivity index (χ3n) is 8.64. The van der Waals surface area contributed by atoms with Crippen molar-refractivity contribution in [1.29, 1.82) is 0 Å². The van der Waals surface area contributed by atoms with Crippen molar-refractivity contribution in [3.63, 3.8) is 0 Å². The second-order valence-electron chi connectivity index (χ2n) is 11.8. The van der Waals surface area contributed by atoms with Crippen LogP contribution in [0.3, 0.4) is 0 Å². The predicted octanol–water partition coefficient (Wildman–Crippen LogP) is 4.20. The Labute approximate surface area is 279 Å². The average Bonchev–Trinajstić information content (AvgIpc) is 3.11. The Morgan fingerprint density at radius 3 is 2.50 bits per heavy atom. The minimum absolute atomic E-state index is 0.0897. The molecule has 1 aromatic heterocycles. The second-order valence-corrected chi connectivity index (χ2v) is 11.8. The molecule has 3 heterocycles. The molecule has 0 unspecified atom stereocenters. The van der Waals surface area contributed by atoms with Gasteiger partial charge in [0.2, 0.25) is 11.8 Å². The highest BCUT2D eigenvalue weighted by Gasteiger charge is 2.51. The first-order chi connectivity index (χ1) is 23.4. The highest BCUT2D eigenvalue weighted by atomic mass is 16.5. The van der Waals surface area contributed by atoms with Gasteiger partial charge in [0.15, 0.2) is 0 Å². The molecule has 0 spiro atoms. The molecule has 4 amide bonds. The summed E-state index contributed by atoms with van der Waals surface area (Å²) in [7, 11) is 1.61. The number of hydrazine groups is 1. The molecule has 0 saturated carbocycles. The Bertz CT molecular complexity index is 1770. The van der Waals surface area contributed by atoms with Crippen molar-refractivity contribution in [3.8, 4) is 22.6 Å². The number of ether oxygens (including phenoxy) is 1. The number of amides is 4. The smallest absolute Gasteiger partial charge is 0.334 e. The van der Waals surface area contributed by atoms with Crippen LogP contribution in [0, 0.1) is 0 Å². The monoisotopic (exact) mass is 646 g/mol. The molecule has 0 bridgehead atoms. The van der Waals surface area contributed by atoms with E-state index in [-0.39, 0.29) is 56.2 Å². The number of nitrogens with one attached hydrogen (secondary N) is 1. The van der Waals surface area contributed by atoms with Crippen molar-refractivity contribution in [2.75, 3.05) is 26.7 Å². The molecule has 11 nitrogen and oxygen atoms in total. The van der Waals surface area contributed by atoms with Crippen LogP contribution >= 0.6 is 0 Å². The van der Waals surface area contributed by atoms with E-state index in [0.29, 0.717) is 12.3 Å². The van der Waals surface area contributed by atoms with E-state index >= 15 is 0 Å². The number of aromatic hydroxyl groups is 1. The van der Waals surface area contributed by atoms with E-state index in [1.165, 1.54) is 0 Å². The van der Waals surface area contributed by atoms with Gasteiger partial charge in [0.1, 0.15) is 23.7 Å². The maximum absolute atomic E-state index is 14.4. The second kappa shape index (κ2) is 14.4. The summed E-state index contributed by atoms with van der Waals surface area (Å²) in [5.41, 5.74) is 4.26. The first-order valence-electron chi connectivity index (χ1n) is 15.8. The van der Waals surface area contributed by atoms with Crippen LogP contribution < -0.4 is 10.1 Å². The van der Waals surface area contributed by atoms with Crippen molar-refractivity contribution in [3.05, 3.63) is 127 Å². The third kappa shape index (κ3) is 6.86. The van der Waals surface area contributed by atoms with Crippen LogP contribution in [-0.4, -0.2) is 86.7 Å². The van der Waals surface area contributed by atoms with Gasteiger partial charge in [-0.2, -0.15) is 0 Å². The highest BCUT2D eigenvalue weighted by Crippen LogP contribution is 2.33. The Kier molecular flexibility index (Phi) is 9.67. The first kappa shape index (κ1) is 32.3. The summed E-state index contributed by atoms with van der Waals surface area (Å²) in [6.07, 6.45) is 4.54. The molecule has 0 aliphatic carbocycles. The first-order valence-corrected chi connectivity index (χ1v) is 15.8. The van der Waals surface area contributed by atoms with Crippen LogP contribution in [0.25, 0.3) is 11.1 Å². The molecule has 2 saturated heterocycles. The molecule has 3 aromatic carbocycles. The lowest BCUT2D eigenvalue weighted by Crippen LogP contribution is -2.76. The van der Waals surface area contributed by atoms with Crippen molar-refractivity contribution in [2.45, 2.75) is 31.7 Å². The maximum Gasteiger partial charge on any atom is 0.334 e. The molecule has 4 aromatic rings. The number of hydrogen-bond acceptors (Lipinski definition) is 7. The summed E-state index contributed by atoms with van der Waals surface area (Å²) in [4.78, 5) is 49.7. The number of pyridine rings is 1. The fourth-order valence-electron chi connectivity index (χ4n) is 6.37. The minimum Gasteiger partial charge on any atom is -0.508 e. The summed E-state index contributed by atoms with van der Waals surface area (Å²) in [6.45, 7) is 4.65. The SMILES string of the molecule is C=CCN1CC(=O)N2[C@@H](Cc3ccc(O)cc3)C(=O)N(Cc3ccc(OC)c(-c4cccnc4)c3)C[C@@H]2N1C(=O)NCc1ccccc1. The van der Waals surface area contributed by atoms with Gasteiger partial charge in [0.05, 0.1) is 20.2 Å². The van der Waals surface area contributed by atoms with E-state index in [1.807, 2.05) is 60.7 Å². The van der Waals surface area contributed by atoms with E-state index in [4.69, 9.17) is 4.74 Å². The molecular weight excluding hydrogens is 608 g/mol. The van der Waals surface area contributed by atoms with Gasteiger partial charge in [-0.3, -0.25) is 14.6 Å². The van der Waals surface area contributed by atoms with Crippen LogP contribution in [0.5, 0.6) is 11.5 Å². The molecule has 2 N–H and O–H groups in total. The molecule has 0 radical (unpaired) electrons. The average molecular weight is 647 g/mol. The lowest BCUT2D eigenvalue weighted by molar-refractivity contribution is -0.189. The van der Waals surface area contributed by atoms with Crippen LogP contribution in [0.15, 0.2) is 110 Å². The largest absolute Gasteiger partial charge is 0.508 e. The van der Waals surface area contributed by atoms with E-state index in [2.05, 4.69) is 16.9 Å². The zero-order valence-corrected chi connectivity index (χ0v) is 26.7. The number of carbonyl (C=O) groups is 3. The van der Waals surface area contributed by atoms with Gasteiger partial charge in [-0.1, -0.05) is 60.7 Å². The van der Waals surface area contributed by atoms with Gasteiger partial charge in [-0.15, -0.1) is 6.58 Å². The summed E-state index contributed by atoms with van der Waals surface area (Å²) in [5.74, 6) is 0.294. The summed E-state index contributed by atoms with van der Waals surface area (Å²) in [6, 6.07) is 24.5. The Morgan fingerprint density at radius 1 is 1.02 bits per heavy atom. The Morgan fingerprint density at radius 2 is 1.79 bits per heavy atom. The predicted molar refractivity (Wildman–Crippen MR) is 180 cm³/mol. The number of aromatic nitrogens is 1. The summed E-state index contributed by atoms with van der Waals surface area (Å²) < 4.78 is 5.64. The number of hydrogen-bond donors (Lipinski definition) is 2. The lowest BCUT2D eigenvalue weighted by Gasteiger charge is -2.55. The molecule has 6 rings (SSSR count). The van der Waals surface area contributed by atoms with Crippen molar-refractivity contribution >= 4 is 17.8 Å². The highest BCUT2D eigenvalue weighted by molar-refractivity contribution is 5.91. The van der Waals surface area contributed by atoms with Crippen molar-refractivity contribution in [2.24, 2.45) is 0 Å². The molecule has 11 heteroatoms. The topological polar surface area (TPSA) is 119 Å². The number of phenols is 1. The standard InChI is InChI=1S/C37H38N6O5/c1-3-18-41-25-35(45)42-32(20-26-11-14-30(44)15-12-26)36(46)40(24-34(42)43(41)37(47)39-21-27-8-5-4-6-9-27)23-28-13-16-33(48-2)31(19-28)29-10-7-17-38-22-29/h3-17,19,22,32,34,44H,1,18,20-21,23-25H2,2H3,(H,39,47)/t32-,34-/m0/s1. The summed E-state index contributed by atoms with van der Waals surface area (Å²) in [5, 5.41) is 16.1. The molecular formula is C37H38N6O5. The molecule has 2 aliphatic rings. The van der Waals surface area contributed by atoms with E-state index < -0.39 is 12.2 Å². The zero-order valence-electron chi connectivity index (χ0n) is 26.7. The van der Waals surface area contributed by atoms with Gasteiger partial charge < -0.3 is 25.0 Å². The lowest BCUT2D eigenvalue weighted by atomic mass is 9.97. The molecule has 2 aliphatic heterocycles. The van der Waals surface area contributed by atoms with Gasteiger partial charge >= 0.3 is 6.03 Å². The van der Waals surface area contributed by atoms with Crippen LogP contribution in [-0.2, 0) is 29.1 Å². The quantitative estimate of drug-likeness (QED) is 0.248. The number of piperazine rings is 1. The maximum atomic E-state index is 14.4. The van der Waals surface area contributed by atoms with Crippen LogP contribution in [0.2, 0.25) is 0 Å². The molecule has 2 atom stereocenters. The number of benzene rings is 3. The van der Waals surface area contributed by atoms with Crippen molar-refractivity contribution < 1.29 is 24.2 Å². The number of methoxy groups -OCH3 is 1. The molecule has 48 heavy (non-hydrogen) atoms. The number of nitrogens with zero attached hydrogens (tertiary/aromatic N) is 5. The van der Waals surface area contributed by atoms with E-state index in [0.717, 1.165) is 27.8 Å². The van der Waals surface area contributed by atoms with Gasteiger partial charge in [-0.25, -0.2) is 14.8 Å². The number of urea groups is 1. The van der Waals surface area contributed by atoms with Gasteiger partial charge in [-0.05, 0) is 47.0 Å². The van der Waals surface area contributed by atoms with Crippen LogP contribution in [0.1, 0.15) is 16.7 Å². The zero-order chi connectivity index (χ0) is 33.6. The molecule has 246 valence electrons. The number of carbonyl (C=O) groups excluding carboxylic acids is 3. The third-order valence-corrected chi connectivity index (χ3v) is 8.64. The van der Waals surface area contributed by atoms with Gasteiger partial charge in [0.25, 0.3) is 0 Å². The fraction of sp³-hybridized carbons (Fsp3) is 0.243. The van der Waals surface area contributed by atoms with Gasteiger partial charge in [0, 0.05) is 49.6 Å². The normalized spacial score (nSPS) is 18.0. The number of rotatable bonds is 10. The van der Waals surface area contributed by atoms with E-state index in [9.17, 15) is 19.5 Å². The van der Waals surface area contributed by atoms with Crippen molar-refractivity contribution in [1.82, 2.24) is 30.1 Å². The number of phenolic OH excluding ortho intramolecular Hbond substituents is 1. The Hall–Kier alpha value is -5.68. The Balaban J connectivity index is 1.36.